The Morgan fingerprint density at radius 3 is 2.75 bits per heavy atom. The average molecular weight is 464 g/mol. The fraction of sp³-hybridized carbons (Fsp3) is 0.455. The summed E-state index contributed by atoms with van der Waals surface area (Å²) in [5.41, 5.74) is 0.887. The summed E-state index contributed by atoms with van der Waals surface area (Å²) in [5.74, 6) is 0.354. The van der Waals surface area contributed by atoms with Gasteiger partial charge in [-0.15, -0.1) is 0 Å². The normalized spacial score (nSPS) is 21.1. The van der Waals surface area contributed by atoms with E-state index in [0.29, 0.717) is 31.6 Å². The SMILES string of the molecule is COc1cccc(S(=O)(=O)N[C@@H]2CC[C@H](CCNC(=O)Cc3ccncc3)O[C@H]2CO)c1. The number of nitrogens with one attached hydrogen (secondary N) is 2. The summed E-state index contributed by atoms with van der Waals surface area (Å²) in [4.78, 5) is 16.1. The van der Waals surface area contributed by atoms with E-state index in [1.54, 1.807) is 36.7 Å². The van der Waals surface area contributed by atoms with Gasteiger partial charge in [0.25, 0.3) is 0 Å². The maximum atomic E-state index is 12.8. The number of hydrogen-bond donors (Lipinski definition) is 3. The molecule has 10 heteroatoms. The molecule has 9 nitrogen and oxygen atoms in total. The third-order valence-corrected chi connectivity index (χ3v) is 6.84. The van der Waals surface area contributed by atoms with Crippen LogP contribution in [0.3, 0.4) is 0 Å². The molecule has 0 saturated carbocycles. The summed E-state index contributed by atoms with van der Waals surface area (Å²) in [7, 11) is -2.32. The summed E-state index contributed by atoms with van der Waals surface area (Å²) < 4.78 is 39.2. The Morgan fingerprint density at radius 1 is 1.25 bits per heavy atom. The third kappa shape index (κ3) is 6.73. The van der Waals surface area contributed by atoms with Crippen LogP contribution in [0, 0.1) is 0 Å². The number of sulfonamides is 1. The van der Waals surface area contributed by atoms with Crippen molar-refractivity contribution in [2.45, 2.75) is 48.8 Å². The molecule has 2 heterocycles. The van der Waals surface area contributed by atoms with Crippen molar-refractivity contribution in [1.29, 1.82) is 0 Å². The van der Waals surface area contributed by atoms with Crippen molar-refractivity contribution in [1.82, 2.24) is 15.0 Å². The van der Waals surface area contributed by atoms with Gasteiger partial charge in [-0.05, 0) is 49.1 Å². The van der Waals surface area contributed by atoms with E-state index < -0.39 is 22.2 Å². The first-order valence-electron chi connectivity index (χ1n) is 10.5. The molecule has 2 aromatic rings. The molecule has 3 rings (SSSR count). The van der Waals surface area contributed by atoms with E-state index in [2.05, 4.69) is 15.0 Å². The molecule has 3 atom stereocenters. The number of nitrogens with zero attached hydrogens (tertiary/aromatic N) is 1. The number of aromatic nitrogens is 1. The maximum Gasteiger partial charge on any atom is 0.241 e. The highest BCUT2D eigenvalue weighted by molar-refractivity contribution is 7.89. The lowest BCUT2D eigenvalue weighted by Gasteiger charge is -2.36. The van der Waals surface area contributed by atoms with Crippen molar-refractivity contribution in [2.75, 3.05) is 20.3 Å². The van der Waals surface area contributed by atoms with E-state index in [9.17, 15) is 18.3 Å². The number of aliphatic hydroxyl groups is 1. The summed E-state index contributed by atoms with van der Waals surface area (Å²) >= 11 is 0. The first-order valence-corrected chi connectivity index (χ1v) is 12.0. The first kappa shape index (κ1) is 24.1. The predicted octanol–water partition coefficient (Wildman–Crippen LogP) is 1.03. The Labute approximate surface area is 188 Å². The minimum Gasteiger partial charge on any atom is -0.497 e. The number of aliphatic hydroxyl groups excluding tert-OH is 1. The van der Waals surface area contributed by atoms with E-state index in [1.165, 1.54) is 19.2 Å². The molecule has 0 bridgehead atoms. The first-order chi connectivity index (χ1) is 15.4. The van der Waals surface area contributed by atoms with Crippen molar-refractivity contribution in [3.05, 3.63) is 54.4 Å². The third-order valence-electron chi connectivity index (χ3n) is 5.36. The number of pyridine rings is 1. The lowest BCUT2D eigenvalue weighted by molar-refractivity contribution is -0.121. The van der Waals surface area contributed by atoms with Gasteiger partial charge in [-0.25, -0.2) is 13.1 Å². The second-order valence-corrected chi connectivity index (χ2v) is 9.35. The van der Waals surface area contributed by atoms with Crippen LogP contribution in [0.15, 0.2) is 53.7 Å². The highest BCUT2D eigenvalue weighted by Gasteiger charge is 2.34. The number of carbonyl (C=O) groups excluding carboxylic acids is 1. The molecular formula is C22H29N3O6S. The molecule has 1 aliphatic heterocycles. The van der Waals surface area contributed by atoms with Gasteiger partial charge in [-0.3, -0.25) is 9.78 Å². The van der Waals surface area contributed by atoms with E-state index in [-0.39, 0.29) is 29.9 Å². The molecule has 1 saturated heterocycles. The van der Waals surface area contributed by atoms with Gasteiger partial charge < -0.3 is 19.9 Å². The molecule has 0 spiro atoms. The predicted molar refractivity (Wildman–Crippen MR) is 118 cm³/mol. The van der Waals surface area contributed by atoms with E-state index in [4.69, 9.17) is 9.47 Å². The number of methoxy groups -OCH3 is 1. The summed E-state index contributed by atoms with van der Waals surface area (Å²) in [6.45, 7) is 0.128. The van der Waals surface area contributed by atoms with E-state index in [1.807, 2.05) is 0 Å². The van der Waals surface area contributed by atoms with Crippen molar-refractivity contribution in [3.8, 4) is 5.75 Å². The largest absolute Gasteiger partial charge is 0.497 e. The fourth-order valence-electron chi connectivity index (χ4n) is 3.64. The molecule has 1 amide bonds. The molecule has 0 aliphatic carbocycles. The van der Waals surface area contributed by atoms with Gasteiger partial charge in [0.05, 0.1) is 43.3 Å². The van der Waals surface area contributed by atoms with Gasteiger partial charge in [0, 0.05) is 25.0 Å². The van der Waals surface area contributed by atoms with E-state index in [0.717, 1.165) is 5.56 Å². The number of rotatable bonds is 10. The zero-order valence-electron chi connectivity index (χ0n) is 17.9. The molecule has 0 radical (unpaired) electrons. The van der Waals surface area contributed by atoms with Gasteiger partial charge in [0.1, 0.15) is 5.75 Å². The van der Waals surface area contributed by atoms with Gasteiger partial charge >= 0.3 is 0 Å². The lowest BCUT2D eigenvalue weighted by Crippen LogP contribution is -2.51. The minimum absolute atomic E-state index is 0.0883. The van der Waals surface area contributed by atoms with Gasteiger partial charge in [0.2, 0.25) is 15.9 Å². The van der Waals surface area contributed by atoms with Gasteiger partial charge in [-0.1, -0.05) is 6.07 Å². The Balaban J connectivity index is 1.48. The van der Waals surface area contributed by atoms with Gasteiger partial charge in [0.15, 0.2) is 0 Å². The summed E-state index contributed by atoms with van der Waals surface area (Å²) in [6, 6.07) is 9.24. The molecule has 174 valence electrons. The smallest absolute Gasteiger partial charge is 0.241 e. The highest BCUT2D eigenvalue weighted by atomic mass is 32.2. The minimum atomic E-state index is -3.79. The number of benzene rings is 1. The zero-order chi connectivity index (χ0) is 23.0. The van der Waals surface area contributed by atoms with Crippen molar-refractivity contribution >= 4 is 15.9 Å². The maximum absolute atomic E-state index is 12.8. The molecular weight excluding hydrogens is 434 g/mol. The van der Waals surface area contributed by atoms with Crippen LogP contribution in [0.25, 0.3) is 0 Å². The van der Waals surface area contributed by atoms with Crippen LogP contribution in [-0.4, -0.2) is 62.9 Å². The number of amides is 1. The summed E-state index contributed by atoms with van der Waals surface area (Å²) in [6.07, 6.45) is 4.44. The van der Waals surface area contributed by atoms with Crippen LogP contribution in [0.4, 0.5) is 0 Å². The van der Waals surface area contributed by atoms with Crippen molar-refractivity contribution in [2.24, 2.45) is 0 Å². The van der Waals surface area contributed by atoms with Crippen LogP contribution in [0.1, 0.15) is 24.8 Å². The molecule has 3 N–H and O–H groups in total. The second kappa shape index (κ2) is 11.4. The van der Waals surface area contributed by atoms with Crippen LogP contribution >= 0.6 is 0 Å². The van der Waals surface area contributed by atoms with Crippen LogP contribution in [-0.2, 0) is 26.0 Å². The Bertz CT molecular complexity index is 986. The van der Waals surface area contributed by atoms with E-state index >= 15 is 0 Å². The molecule has 1 aromatic heterocycles. The van der Waals surface area contributed by atoms with Gasteiger partial charge in [-0.2, -0.15) is 0 Å². The monoisotopic (exact) mass is 463 g/mol. The van der Waals surface area contributed by atoms with Crippen LogP contribution in [0.2, 0.25) is 0 Å². The lowest BCUT2D eigenvalue weighted by atomic mass is 9.98. The fourth-order valence-corrected chi connectivity index (χ4v) is 4.97. The number of carbonyl (C=O) groups is 1. The molecule has 1 fully saturated rings. The zero-order valence-corrected chi connectivity index (χ0v) is 18.8. The molecule has 1 aromatic carbocycles. The van der Waals surface area contributed by atoms with Crippen LogP contribution < -0.4 is 14.8 Å². The topological polar surface area (TPSA) is 127 Å². The molecule has 32 heavy (non-hydrogen) atoms. The summed E-state index contributed by atoms with van der Waals surface area (Å²) in [5, 5.41) is 12.6. The quantitative estimate of drug-likeness (QED) is 0.480. The number of hydrogen-bond acceptors (Lipinski definition) is 7. The standard InChI is InChI=1S/C22H29N3O6S/c1-30-18-3-2-4-19(14-18)32(28,29)25-20-6-5-17(31-21(20)15-26)9-12-24-22(27)13-16-7-10-23-11-8-16/h2-4,7-8,10-11,14,17,20-21,25-26H,5-6,9,12-13,15H2,1H3,(H,24,27)/t17-,20-,21+/m1/s1. The highest BCUT2D eigenvalue weighted by Crippen LogP contribution is 2.24. The average Bonchev–Trinajstić information content (AvgIpc) is 2.80. The Kier molecular flexibility index (Phi) is 8.57. The van der Waals surface area contributed by atoms with Crippen molar-refractivity contribution < 1.29 is 27.8 Å². The Hall–Kier alpha value is -2.53. The molecule has 0 unspecified atom stereocenters. The number of ether oxygens (including phenoxy) is 2. The molecule has 1 aliphatic rings. The van der Waals surface area contributed by atoms with Crippen LogP contribution in [0.5, 0.6) is 5.75 Å². The van der Waals surface area contributed by atoms with Crippen molar-refractivity contribution in [3.63, 3.8) is 0 Å². The second-order valence-electron chi connectivity index (χ2n) is 7.63. The Morgan fingerprint density at radius 2 is 2.03 bits per heavy atom.